The first-order valence-electron chi connectivity index (χ1n) is 6.25. The van der Waals surface area contributed by atoms with Gasteiger partial charge in [0, 0.05) is 37.9 Å². The third-order valence-corrected chi connectivity index (χ3v) is 2.83. The molecule has 104 valence electrons. The smallest absolute Gasteiger partial charge is 0.259 e. The number of rotatable bonds is 5. The van der Waals surface area contributed by atoms with Gasteiger partial charge in [0.1, 0.15) is 0 Å². The van der Waals surface area contributed by atoms with Crippen LogP contribution in [0.4, 0.5) is 11.4 Å². The molecule has 0 bridgehead atoms. The van der Waals surface area contributed by atoms with Crippen LogP contribution in [0.15, 0.2) is 42.7 Å². The average molecular weight is 271 g/mol. The summed E-state index contributed by atoms with van der Waals surface area (Å²) in [5.41, 5.74) is 2.98. The second-order valence-electron chi connectivity index (χ2n) is 4.26. The fraction of sp³-hybridized carbons (Fsp3) is 0.200. The minimum Gasteiger partial charge on any atom is -0.387 e. The second kappa shape index (κ2) is 6.68. The number of anilines is 2. The van der Waals surface area contributed by atoms with E-state index >= 15 is 0 Å². The summed E-state index contributed by atoms with van der Waals surface area (Å²) in [5, 5.41) is 5.83. The monoisotopic (exact) mass is 271 g/mol. The van der Waals surface area contributed by atoms with Crippen molar-refractivity contribution in [2.24, 2.45) is 0 Å². The molecule has 0 spiro atoms. The largest absolute Gasteiger partial charge is 0.387 e. The fourth-order valence-corrected chi connectivity index (χ4v) is 1.90. The van der Waals surface area contributed by atoms with Crippen LogP contribution in [0.2, 0.25) is 0 Å². The molecule has 2 rings (SSSR count). The number of benzene rings is 1. The first kappa shape index (κ1) is 14.0. The van der Waals surface area contributed by atoms with E-state index in [1.165, 1.54) is 0 Å². The van der Waals surface area contributed by atoms with Crippen molar-refractivity contribution in [3.63, 3.8) is 0 Å². The van der Waals surface area contributed by atoms with Gasteiger partial charge in [-0.1, -0.05) is 12.1 Å². The summed E-state index contributed by atoms with van der Waals surface area (Å²) in [5.74, 6) is -0.197. The molecule has 0 radical (unpaired) electrons. The van der Waals surface area contributed by atoms with Gasteiger partial charge in [0.15, 0.2) is 0 Å². The third-order valence-electron chi connectivity index (χ3n) is 2.83. The molecular weight excluding hydrogens is 254 g/mol. The number of ether oxygens (including phenoxy) is 1. The van der Waals surface area contributed by atoms with Crippen LogP contribution >= 0.6 is 0 Å². The van der Waals surface area contributed by atoms with Gasteiger partial charge < -0.3 is 15.4 Å². The number of aromatic nitrogens is 1. The highest BCUT2D eigenvalue weighted by atomic mass is 16.5. The average Bonchev–Trinajstić information content (AvgIpc) is 2.48. The molecule has 0 saturated carbocycles. The maximum absolute atomic E-state index is 12.2. The standard InChI is InChI=1S/C15H17N3O2/c1-16-14-6-7-17-9-13(14)15(19)18-12-5-3-4-11(8-12)10-20-2/h3-9H,10H2,1-2H3,(H,16,17)(H,18,19). The van der Waals surface area contributed by atoms with Gasteiger partial charge >= 0.3 is 0 Å². The lowest BCUT2D eigenvalue weighted by atomic mass is 10.2. The van der Waals surface area contributed by atoms with Crippen molar-refractivity contribution in [3.05, 3.63) is 53.9 Å². The predicted octanol–water partition coefficient (Wildman–Crippen LogP) is 2.52. The molecule has 1 heterocycles. The zero-order valence-electron chi connectivity index (χ0n) is 11.5. The first-order valence-corrected chi connectivity index (χ1v) is 6.25. The molecule has 0 aliphatic heterocycles. The highest BCUT2D eigenvalue weighted by molar-refractivity contribution is 6.07. The van der Waals surface area contributed by atoms with Crippen molar-refractivity contribution in [2.75, 3.05) is 24.8 Å². The van der Waals surface area contributed by atoms with Crippen LogP contribution in [0.25, 0.3) is 0 Å². The maximum Gasteiger partial charge on any atom is 0.259 e. The molecule has 2 N–H and O–H groups in total. The Morgan fingerprint density at radius 2 is 2.20 bits per heavy atom. The van der Waals surface area contributed by atoms with Gasteiger partial charge in [-0.15, -0.1) is 0 Å². The summed E-state index contributed by atoms with van der Waals surface area (Å²) < 4.78 is 5.08. The molecule has 5 heteroatoms. The van der Waals surface area contributed by atoms with E-state index in [-0.39, 0.29) is 5.91 Å². The van der Waals surface area contributed by atoms with E-state index in [1.807, 2.05) is 24.3 Å². The van der Waals surface area contributed by atoms with Crippen molar-refractivity contribution in [2.45, 2.75) is 6.61 Å². The predicted molar refractivity (Wildman–Crippen MR) is 78.9 cm³/mol. The number of nitrogens with one attached hydrogen (secondary N) is 2. The number of hydrogen-bond acceptors (Lipinski definition) is 4. The quantitative estimate of drug-likeness (QED) is 0.877. The lowest BCUT2D eigenvalue weighted by Crippen LogP contribution is -2.14. The van der Waals surface area contributed by atoms with E-state index < -0.39 is 0 Å². The van der Waals surface area contributed by atoms with Gasteiger partial charge in [-0.2, -0.15) is 0 Å². The van der Waals surface area contributed by atoms with Gasteiger partial charge in [-0.3, -0.25) is 9.78 Å². The number of pyridine rings is 1. The van der Waals surface area contributed by atoms with E-state index in [0.717, 1.165) is 16.9 Å². The van der Waals surface area contributed by atoms with Crippen LogP contribution in [0, 0.1) is 0 Å². The summed E-state index contributed by atoms with van der Waals surface area (Å²) in [6, 6.07) is 9.31. The number of methoxy groups -OCH3 is 1. The molecule has 1 aromatic heterocycles. The van der Waals surface area contributed by atoms with Gasteiger partial charge in [0.25, 0.3) is 5.91 Å². The molecule has 1 amide bonds. The first-order chi connectivity index (χ1) is 9.74. The normalized spacial score (nSPS) is 10.1. The van der Waals surface area contributed by atoms with Crippen molar-refractivity contribution in [3.8, 4) is 0 Å². The van der Waals surface area contributed by atoms with Crippen LogP contribution in [0.3, 0.4) is 0 Å². The molecule has 0 fully saturated rings. The summed E-state index contributed by atoms with van der Waals surface area (Å²) in [6.07, 6.45) is 3.18. The van der Waals surface area contributed by atoms with E-state index in [9.17, 15) is 4.79 Å². The number of carbonyl (C=O) groups is 1. The summed E-state index contributed by atoms with van der Waals surface area (Å²) >= 11 is 0. The fourth-order valence-electron chi connectivity index (χ4n) is 1.90. The van der Waals surface area contributed by atoms with Gasteiger partial charge in [-0.05, 0) is 23.8 Å². The number of carbonyl (C=O) groups excluding carboxylic acids is 1. The van der Waals surface area contributed by atoms with E-state index in [4.69, 9.17) is 4.74 Å². The lowest BCUT2D eigenvalue weighted by molar-refractivity contribution is 0.102. The minimum absolute atomic E-state index is 0.197. The van der Waals surface area contributed by atoms with Crippen molar-refractivity contribution >= 4 is 17.3 Å². The Kier molecular flexibility index (Phi) is 4.68. The van der Waals surface area contributed by atoms with Gasteiger partial charge in [-0.25, -0.2) is 0 Å². The Morgan fingerprint density at radius 3 is 2.95 bits per heavy atom. The SMILES string of the molecule is CNc1ccncc1C(=O)Nc1cccc(COC)c1. The van der Waals surface area contributed by atoms with Crippen LogP contribution in [0.5, 0.6) is 0 Å². The molecule has 5 nitrogen and oxygen atoms in total. The number of hydrogen-bond donors (Lipinski definition) is 2. The van der Waals surface area contributed by atoms with Crippen molar-refractivity contribution in [1.29, 1.82) is 0 Å². The van der Waals surface area contributed by atoms with Crippen LogP contribution in [-0.2, 0) is 11.3 Å². The lowest BCUT2D eigenvalue weighted by Gasteiger charge is -2.10. The van der Waals surface area contributed by atoms with E-state index in [2.05, 4.69) is 15.6 Å². The Hall–Kier alpha value is -2.40. The third kappa shape index (κ3) is 3.33. The van der Waals surface area contributed by atoms with E-state index in [1.54, 1.807) is 32.6 Å². The molecule has 0 unspecified atom stereocenters. The molecule has 0 saturated heterocycles. The molecule has 20 heavy (non-hydrogen) atoms. The second-order valence-corrected chi connectivity index (χ2v) is 4.26. The van der Waals surface area contributed by atoms with Crippen molar-refractivity contribution < 1.29 is 9.53 Å². The Balaban J connectivity index is 2.17. The molecule has 0 aliphatic rings. The Bertz CT molecular complexity index is 599. The molecule has 1 aromatic carbocycles. The highest BCUT2D eigenvalue weighted by Crippen LogP contribution is 2.16. The molecular formula is C15H17N3O2. The van der Waals surface area contributed by atoms with Crippen LogP contribution in [0.1, 0.15) is 15.9 Å². The molecule has 2 aromatic rings. The van der Waals surface area contributed by atoms with E-state index in [0.29, 0.717) is 12.2 Å². The maximum atomic E-state index is 12.2. The van der Waals surface area contributed by atoms with Gasteiger partial charge in [0.2, 0.25) is 0 Å². The Labute approximate surface area is 118 Å². The van der Waals surface area contributed by atoms with Crippen LogP contribution < -0.4 is 10.6 Å². The zero-order chi connectivity index (χ0) is 14.4. The van der Waals surface area contributed by atoms with Crippen molar-refractivity contribution in [1.82, 2.24) is 4.98 Å². The zero-order valence-corrected chi connectivity index (χ0v) is 11.5. The summed E-state index contributed by atoms with van der Waals surface area (Å²) in [7, 11) is 3.41. The summed E-state index contributed by atoms with van der Waals surface area (Å²) in [4.78, 5) is 16.2. The molecule has 0 atom stereocenters. The molecule has 0 aliphatic carbocycles. The minimum atomic E-state index is -0.197. The van der Waals surface area contributed by atoms with Crippen LogP contribution in [-0.4, -0.2) is 25.0 Å². The topological polar surface area (TPSA) is 63.2 Å². The Morgan fingerprint density at radius 1 is 1.35 bits per heavy atom. The summed E-state index contributed by atoms with van der Waals surface area (Å²) in [6.45, 7) is 0.512. The van der Waals surface area contributed by atoms with Gasteiger partial charge in [0.05, 0.1) is 12.2 Å². The highest BCUT2D eigenvalue weighted by Gasteiger charge is 2.11. The number of amides is 1. The number of nitrogens with zero attached hydrogens (tertiary/aromatic N) is 1.